The normalized spacial score (nSPS) is 16.0. The molecule has 1 atom stereocenters. The molecule has 4 heterocycles. The van der Waals surface area contributed by atoms with E-state index in [1.807, 2.05) is 36.4 Å². The Labute approximate surface area is 189 Å². The molecule has 0 fully saturated rings. The van der Waals surface area contributed by atoms with Gasteiger partial charge in [0.25, 0.3) is 11.1 Å². The van der Waals surface area contributed by atoms with Crippen molar-refractivity contribution in [2.45, 2.75) is 17.7 Å². The van der Waals surface area contributed by atoms with Crippen LogP contribution in [0.15, 0.2) is 89.1 Å². The Morgan fingerprint density at radius 1 is 1.13 bits per heavy atom. The number of carbonyl (C=O) groups is 1. The number of hydrazone groups is 1. The smallest absolute Gasteiger partial charge is 0.277 e. The van der Waals surface area contributed by atoms with Crippen LogP contribution in [0.3, 0.4) is 0 Å². The van der Waals surface area contributed by atoms with Crippen molar-refractivity contribution in [1.29, 1.82) is 0 Å². The molecule has 10 heteroatoms. The predicted molar refractivity (Wildman–Crippen MR) is 116 cm³/mol. The van der Waals surface area contributed by atoms with Gasteiger partial charge in [0.1, 0.15) is 23.3 Å². The van der Waals surface area contributed by atoms with Crippen LogP contribution >= 0.6 is 27.7 Å². The van der Waals surface area contributed by atoms with E-state index in [1.165, 1.54) is 16.8 Å². The zero-order valence-electron chi connectivity index (χ0n) is 16.0. The van der Waals surface area contributed by atoms with Gasteiger partial charge in [0.05, 0.1) is 18.3 Å². The molecule has 1 aliphatic heterocycles. The molecule has 1 aliphatic rings. The molecule has 0 radical (unpaired) electrons. The van der Waals surface area contributed by atoms with Gasteiger partial charge >= 0.3 is 0 Å². The van der Waals surface area contributed by atoms with Crippen LogP contribution in [-0.4, -0.2) is 32.6 Å². The van der Waals surface area contributed by atoms with E-state index in [9.17, 15) is 4.79 Å². The number of hydrogen-bond donors (Lipinski definition) is 0. The first-order chi connectivity index (χ1) is 15.2. The average Bonchev–Trinajstić information content (AvgIpc) is 3.57. The fourth-order valence-electron chi connectivity index (χ4n) is 3.23. The lowest BCUT2D eigenvalue weighted by Crippen LogP contribution is -2.28. The molecular formula is C21H15BrN4O4S. The number of thioether (sulfide) groups is 1. The largest absolute Gasteiger partial charge is 0.467 e. The van der Waals surface area contributed by atoms with Crippen LogP contribution in [0.2, 0.25) is 0 Å². The van der Waals surface area contributed by atoms with Gasteiger partial charge in [-0.15, -0.1) is 10.2 Å². The van der Waals surface area contributed by atoms with E-state index in [2.05, 4.69) is 31.2 Å². The van der Waals surface area contributed by atoms with Gasteiger partial charge in [0.2, 0.25) is 5.89 Å². The summed E-state index contributed by atoms with van der Waals surface area (Å²) in [4.78, 5) is 13.0. The van der Waals surface area contributed by atoms with Crippen LogP contribution in [0, 0.1) is 0 Å². The fourth-order valence-corrected chi connectivity index (χ4v) is 4.25. The van der Waals surface area contributed by atoms with Gasteiger partial charge in [-0.3, -0.25) is 4.79 Å². The van der Waals surface area contributed by atoms with Gasteiger partial charge in [-0.1, -0.05) is 33.8 Å². The standard InChI is InChI=1S/C21H15BrN4O4S/c22-14-5-1-4-13(10-14)20-23-24-21(30-20)31-12-19(27)26-16(18-7-3-9-29-18)11-15(25-26)17-6-2-8-28-17/h1-10,16H,11-12H2. The fraction of sp³-hybridized carbons (Fsp3) is 0.143. The van der Waals surface area contributed by atoms with Crippen molar-refractivity contribution in [2.24, 2.45) is 5.10 Å². The van der Waals surface area contributed by atoms with Crippen LogP contribution in [0.4, 0.5) is 0 Å². The maximum Gasteiger partial charge on any atom is 0.277 e. The number of aromatic nitrogens is 2. The first kappa shape index (κ1) is 19.8. The molecule has 0 saturated carbocycles. The number of rotatable bonds is 6. The van der Waals surface area contributed by atoms with E-state index in [1.54, 1.807) is 24.7 Å². The van der Waals surface area contributed by atoms with E-state index in [4.69, 9.17) is 13.3 Å². The van der Waals surface area contributed by atoms with Crippen molar-refractivity contribution in [2.75, 3.05) is 5.75 Å². The maximum atomic E-state index is 13.0. The summed E-state index contributed by atoms with van der Waals surface area (Å²) >= 11 is 4.59. The molecule has 0 aliphatic carbocycles. The second-order valence-corrected chi connectivity index (χ2v) is 8.51. The van der Waals surface area contributed by atoms with E-state index in [-0.39, 0.29) is 17.7 Å². The summed E-state index contributed by atoms with van der Waals surface area (Å²) in [6.07, 6.45) is 3.67. The lowest BCUT2D eigenvalue weighted by atomic mass is 10.1. The number of amides is 1. The summed E-state index contributed by atoms with van der Waals surface area (Å²) in [7, 11) is 0. The molecule has 5 rings (SSSR count). The van der Waals surface area contributed by atoms with E-state index >= 15 is 0 Å². The minimum Gasteiger partial charge on any atom is -0.467 e. The number of benzene rings is 1. The Kier molecular flexibility index (Phi) is 5.47. The monoisotopic (exact) mass is 498 g/mol. The summed E-state index contributed by atoms with van der Waals surface area (Å²) in [5.41, 5.74) is 1.49. The maximum absolute atomic E-state index is 13.0. The highest BCUT2D eigenvalue weighted by molar-refractivity contribution is 9.10. The van der Waals surface area contributed by atoms with Crippen LogP contribution < -0.4 is 0 Å². The number of halogens is 1. The van der Waals surface area contributed by atoms with Crippen molar-refractivity contribution in [3.8, 4) is 11.5 Å². The van der Waals surface area contributed by atoms with Crippen LogP contribution in [0.25, 0.3) is 11.5 Å². The summed E-state index contributed by atoms with van der Waals surface area (Å²) < 4.78 is 17.6. The van der Waals surface area contributed by atoms with Gasteiger partial charge in [0.15, 0.2) is 0 Å². The molecule has 0 saturated heterocycles. The summed E-state index contributed by atoms with van der Waals surface area (Å²) in [5, 5.41) is 14.4. The van der Waals surface area contributed by atoms with E-state index < -0.39 is 0 Å². The molecule has 31 heavy (non-hydrogen) atoms. The van der Waals surface area contributed by atoms with Crippen LogP contribution in [-0.2, 0) is 4.79 Å². The quantitative estimate of drug-likeness (QED) is 0.338. The third-order valence-corrected chi connectivity index (χ3v) is 5.94. The molecule has 4 aromatic rings. The van der Waals surface area contributed by atoms with Crippen molar-refractivity contribution in [3.63, 3.8) is 0 Å². The summed E-state index contributed by atoms with van der Waals surface area (Å²) in [6, 6.07) is 14.5. The van der Waals surface area contributed by atoms with Gasteiger partial charge < -0.3 is 13.3 Å². The zero-order valence-corrected chi connectivity index (χ0v) is 18.4. The summed E-state index contributed by atoms with van der Waals surface area (Å²) in [6.45, 7) is 0. The number of nitrogens with zero attached hydrogens (tertiary/aromatic N) is 4. The third-order valence-electron chi connectivity index (χ3n) is 4.64. The lowest BCUT2D eigenvalue weighted by molar-refractivity contribution is -0.130. The molecule has 0 spiro atoms. The Balaban J connectivity index is 1.30. The molecule has 156 valence electrons. The molecule has 8 nitrogen and oxygen atoms in total. The Bertz CT molecular complexity index is 1220. The van der Waals surface area contributed by atoms with Crippen molar-refractivity contribution in [3.05, 3.63) is 77.1 Å². The van der Waals surface area contributed by atoms with Gasteiger partial charge in [-0.05, 0) is 42.5 Å². The van der Waals surface area contributed by atoms with Gasteiger partial charge in [-0.25, -0.2) is 5.01 Å². The highest BCUT2D eigenvalue weighted by atomic mass is 79.9. The minimum atomic E-state index is -0.330. The topological polar surface area (TPSA) is 97.9 Å². The first-order valence-electron chi connectivity index (χ1n) is 9.36. The molecule has 3 aromatic heterocycles. The highest BCUT2D eigenvalue weighted by Crippen LogP contribution is 2.34. The summed E-state index contributed by atoms with van der Waals surface area (Å²) in [5.74, 6) is 1.58. The Morgan fingerprint density at radius 2 is 2.00 bits per heavy atom. The van der Waals surface area contributed by atoms with Crippen molar-refractivity contribution in [1.82, 2.24) is 15.2 Å². The van der Waals surface area contributed by atoms with Gasteiger partial charge in [-0.2, -0.15) is 5.10 Å². The molecule has 0 N–H and O–H groups in total. The molecular weight excluding hydrogens is 484 g/mol. The molecule has 1 amide bonds. The van der Waals surface area contributed by atoms with Crippen LogP contribution in [0.1, 0.15) is 24.0 Å². The Morgan fingerprint density at radius 3 is 2.77 bits per heavy atom. The molecule has 0 bridgehead atoms. The van der Waals surface area contributed by atoms with Gasteiger partial charge in [0, 0.05) is 16.5 Å². The van der Waals surface area contributed by atoms with Crippen LogP contribution in [0.5, 0.6) is 0 Å². The van der Waals surface area contributed by atoms with Crippen molar-refractivity contribution < 1.29 is 18.0 Å². The minimum absolute atomic E-state index is 0.0895. The third kappa shape index (κ3) is 4.21. The first-order valence-corrected chi connectivity index (χ1v) is 11.1. The highest BCUT2D eigenvalue weighted by Gasteiger charge is 2.35. The van der Waals surface area contributed by atoms with Crippen molar-refractivity contribution >= 4 is 39.3 Å². The number of hydrogen-bond acceptors (Lipinski definition) is 8. The van der Waals surface area contributed by atoms with E-state index in [0.29, 0.717) is 34.8 Å². The average molecular weight is 499 g/mol. The lowest BCUT2D eigenvalue weighted by Gasteiger charge is -2.19. The molecule has 1 unspecified atom stereocenters. The molecule has 1 aromatic carbocycles. The SMILES string of the molecule is O=C(CSc1nnc(-c2cccc(Br)c2)o1)N1N=C(c2ccco2)CC1c1ccco1. The van der Waals surface area contributed by atoms with E-state index in [0.717, 1.165) is 10.0 Å². The number of furan rings is 2. The second-order valence-electron chi connectivity index (χ2n) is 6.67. The Hall–Kier alpha value is -3.11. The predicted octanol–water partition coefficient (Wildman–Crippen LogP) is 5.16. The second kappa shape index (κ2) is 8.56. The zero-order chi connectivity index (χ0) is 21.2. The number of carbonyl (C=O) groups excluding carboxylic acids is 1.